The lowest BCUT2D eigenvalue weighted by atomic mass is 9.72. The lowest BCUT2D eigenvalue weighted by Crippen LogP contribution is -2.66. The fourth-order valence-corrected chi connectivity index (χ4v) is 6.08. The molecule has 202 valence electrons. The maximum Gasteiger partial charge on any atom is 0.421 e. The summed E-state index contributed by atoms with van der Waals surface area (Å²) in [5.74, 6) is -3.94. The second kappa shape index (κ2) is 9.02. The summed E-state index contributed by atoms with van der Waals surface area (Å²) >= 11 is 0. The van der Waals surface area contributed by atoms with Gasteiger partial charge in [-0.25, -0.2) is 12.8 Å². The molecule has 8 nitrogen and oxygen atoms in total. The molecule has 0 saturated heterocycles. The number of carbonyl (C=O) groups is 3. The Bertz CT molecular complexity index is 1470. The molecule has 0 saturated carbocycles. The molecule has 2 N–H and O–H groups in total. The van der Waals surface area contributed by atoms with Gasteiger partial charge in [-0.05, 0) is 60.4 Å². The molecule has 0 spiro atoms. The number of ketones is 1. The van der Waals surface area contributed by atoms with E-state index in [1.165, 1.54) is 11.6 Å². The lowest BCUT2D eigenvalue weighted by molar-refractivity contribution is -0.184. The maximum atomic E-state index is 14.9. The van der Waals surface area contributed by atoms with Gasteiger partial charge in [-0.1, -0.05) is 13.8 Å². The summed E-state index contributed by atoms with van der Waals surface area (Å²) < 4.78 is 86.4. The molecule has 0 aromatic heterocycles. The molecule has 2 amide bonds. The van der Waals surface area contributed by atoms with Crippen molar-refractivity contribution in [1.82, 2.24) is 4.72 Å². The molecular weight excluding hydrogens is 530 g/mol. The quantitative estimate of drug-likeness (QED) is 0.543. The van der Waals surface area contributed by atoms with Crippen LogP contribution in [0.2, 0.25) is 0 Å². The predicted molar refractivity (Wildman–Crippen MR) is 129 cm³/mol. The Morgan fingerprint density at radius 3 is 2.08 bits per heavy atom. The van der Waals surface area contributed by atoms with Gasteiger partial charge in [-0.15, -0.1) is 0 Å². The van der Waals surface area contributed by atoms with Crippen molar-refractivity contribution in [1.29, 1.82) is 0 Å². The molecule has 1 unspecified atom stereocenters. The highest BCUT2D eigenvalue weighted by molar-refractivity contribution is 7.89. The first-order valence-corrected chi connectivity index (χ1v) is 12.8. The number of hydrogen-bond acceptors (Lipinski definition) is 5. The normalized spacial score (nSPS) is 21.5. The van der Waals surface area contributed by atoms with Gasteiger partial charge in [-0.2, -0.15) is 17.9 Å². The molecule has 2 aromatic carbocycles. The maximum absolute atomic E-state index is 14.9. The molecule has 2 aliphatic rings. The monoisotopic (exact) mass is 553 g/mol. The number of nitrogens with zero attached hydrogens (tertiary/aromatic N) is 1. The molecule has 0 bridgehead atoms. The first-order valence-electron chi connectivity index (χ1n) is 11.3. The zero-order valence-electron chi connectivity index (χ0n) is 20.4. The molecule has 2 aromatic rings. The van der Waals surface area contributed by atoms with Gasteiger partial charge in [0.25, 0.3) is 5.91 Å². The van der Waals surface area contributed by atoms with E-state index in [4.69, 9.17) is 0 Å². The van der Waals surface area contributed by atoms with Gasteiger partial charge in [-0.3, -0.25) is 19.3 Å². The highest BCUT2D eigenvalue weighted by Crippen LogP contribution is 2.53. The van der Waals surface area contributed by atoms with E-state index in [1.54, 1.807) is 13.8 Å². The number of carbonyl (C=O) groups excluding carboxylic acids is 3. The zero-order valence-corrected chi connectivity index (χ0v) is 21.3. The summed E-state index contributed by atoms with van der Waals surface area (Å²) in [7, 11) is -5.06. The van der Waals surface area contributed by atoms with E-state index in [1.807, 2.05) is 0 Å². The fourth-order valence-electron chi connectivity index (χ4n) is 4.76. The van der Waals surface area contributed by atoms with Crippen molar-refractivity contribution >= 4 is 39.0 Å². The third-order valence-corrected chi connectivity index (χ3v) is 7.77. The standard InChI is InChI=1S/C25H23F4N3O5S/c1-14(33)30-16-6-10-18(11-7-16)38(36,37)31-24(25(27,28)29)21-19(12-23(2,3)13-20(21)34)32(22(24)35)17-8-4-15(26)5-9-17/h4-11,31H,12-13H2,1-3H3,(H,30,33). The Hall–Kier alpha value is -3.58. The molecule has 38 heavy (non-hydrogen) atoms. The minimum absolute atomic E-state index is 0.151. The first kappa shape index (κ1) is 27.5. The van der Waals surface area contributed by atoms with E-state index >= 15 is 0 Å². The summed E-state index contributed by atoms with van der Waals surface area (Å²) in [5.41, 5.74) is -6.02. The molecule has 1 atom stereocenters. The molecule has 13 heteroatoms. The number of rotatable bonds is 5. The van der Waals surface area contributed by atoms with Crippen LogP contribution in [0.15, 0.2) is 64.7 Å². The van der Waals surface area contributed by atoms with Crippen LogP contribution < -0.4 is 14.9 Å². The number of anilines is 2. The highest BCUT2D eigenvalue weighted by atomic mass is 32.2. The first-order chi connectivity index (χ1) is 17.5. The third kappa shape index (κ3) is 4.60. The van der Waals surface area contributed by atoms with Gasteiger partial charge in [0, 0.05) is 30.4 Å². The van der Waals surface area contributed by atoms with Gasteiger partial charge in [0.1, 0.15) is 5.82 Å². The van der Waals surface area contributed by atoms with E-state index in [0.717, 1.165) is 48.5 Å². The molecule has 1 aliphatic heterocycles. The van der Waals surface area contributed by atoms with E-state index < -0.39 is 61.0 Å². The van der Waals surface area contributed by atoms with Gasteiger partial charge < -0.3 is 5.32 Å². The highest BCUT2D eigenvalue weighted by Gasteiger charge is 2.72. The average Bonchev–Trinajstić information content (AvgIpc) is 3.01. The second-order valence-electron chi connectivity index (χ2n) is 9.94. The molecular formula is C25H23F4N3O5S. The van der Waals surface area contributed by atoms with Gasteiger partial charge >= 0.3 is 6.18 Å². The van der Waals surface area contributed by atoms with Crippen molar-refractivity contribution in [2.45, 2.75) is 50.2 Å². The van der Waals surface area contributed by atoms with Crippen LogP contribution >= 0.6 is 0 Å². The van der Waals surface area contributed by atoms with Crippen molar-refractivity contribution < 1.29 is 40.4 Å². The van der Waals surface area contributed by atoms with Crippen LogP contribution in [0.5, 0.6) is 0 Å². The van der Waals surface area contributed by atoms with Gasteiger partial charge in [0.2, 0.25) is 21.5 Å². The number of amides is 2. The van der Waals surface area contributed by atoms with Crippen molar-refractivity contribution in [2.24, 2.45) is 5.41 Å². The second-order valence-corrected chi connectivity index (χ2v) is 11.6. The molecule has 1 heterocycles. The van der Waals surface area contributed by atoms with Crippen LogP contribution in [0.25, 0.3) is 0 Å². The van der Waals surface area contributed by atoms with E-state index in [0.29, 0.717) is 4.90 Å². The number of allylic oxidation sites excluding steroid dienone is 1. The largest absolute Gasteiger partial charge is 0.421 e. The number of hydrogen-bond donors (Lipinski definition) is 2. The summed E-state index contributed by atoms with van der Waals surface area (Å²) in [4.78, 5) is 38.2. The lowest BCUT2D eigenvalue weighted by Gasteiger charge is -2.35. The number of alkyl halides is 3. The minimum atomic E-state index is -5.57. The van der Waals surface area contributed by atoms with E-state index in [2.05, 4.69) is 5.32 Å². The number of Topliss-reactive ketones (excluding diaryl/α,β-unsaturated/α-hetero) is 1. The number of nitrogens with one attached hydrogen (secondary N) is 2. The van der Waals surface area contributed by atoms with Crippen LogP contribution in [0.4, 0.5) is 28.9 Å². The Kier molecular flexibility index (Phi) is 6.51. The smallest absolute Gasteiger partial charge is 0.326 e. The van der Waals surface area contributed by atoms with Crippen molar-refractivity contribution in [3.8, 4) is 0 Å². The van der Waals surface area contributed by atoms with Gasteiger partial charge in [0.15, 0.2) is 5.78 Å². The van der Waals surface area contributed by atoms with Crippen molar-refractivity contribution in [3.63, 3.8) is 0 Å². The van der Waals surface area contributed by atoms with Crippen molar-refractivity contribution in [3.05, 3.63) is 65.6 Å². The molecule has 0 radical (unpaired) electrons. The summed E-state index contributed by atoms with van der Waals surface area (Å²) in [6, 6.07) is 8.26. The van der Waals surface area contributed by atoms with Crippen LogP contribution in [0.1, 0.15) is 33.6 Å². The Morgan fingerprint density at radius 2 is 1.55 bits per heavy atom. The zero-order chi connectivity index (χ0) is 28.3. The van der Waals surface area contributed by atoms with Crippen LogP contribution in [-0.2, 0) is 24.4 Å². The van der Waals surface area contributed by atoms with Gasteiger partial charge in [0.05, 0.1) is 10.5 Å². The summed E-state index contributed by atoms with van der Waals surface area (Å²) in [6.07, 6.45) is -6.08. The average molecular weight is 554 g/mol. The molecule has 4 rings (SSSR count). The van der Waals surface area contributed by atoms with Crippen molar-refractivity contribution in [2.75, 3.05) is 10.2 Å². The van der Waals surface area contributed by atoms with Crippen LogP contribution in [0, 0.1) is 11.2 Å². The third-order valence-electron chi connectivity index (χ3n) is 6.30. The van der Waals surface area contributed by atoms with Crippen LogP contribution in [0.3, 0.4) is 0 Å². The number of sulfonamides is 1. The van der Waals surface area contributed by atoms with E-state index in [-0.39, 0.29) is 29.9 Å². The Morgan fingerprint density at radius 1 is 0.974 bits per heavy atom. The topological polar surface area (TPSA) is 113 Å². The minimum Gasteiger partial charge on any atom is -0.326 e. The summed E-state index contributed by atoms with van der Waals surface area (Å²) in [5, 5.41) is 2.40. The summed E-state index contributed by atoms with van der Waals surface area (Å²) in [6.45, 7) is 4.48. The predicted octanol–water partition coefficient (Wildman–Crippen LogP) is 4.05. The fraction of sp³-hybridized carbons (Fsp3) is 0.320. The molecule has 0 fully saturated rings. The molecule has 1 aliphatic carbocycles. The Balaban J connectivity index is 1.91. The number of halogens is 4. The van der Waals surface area contributed by atoms with Crippen LogP contribution in [-0.4, -0.2) is 37.7 Å². The van der Waals surface area contributed by atoms with E-state index in [9.17, 15) is 40.4 Å². The SMILES string of the molecule is CC(=O)Nc1ccc(S(=O)(=O)NC2(C(F)(F)F)C(=O)N(c3ccc(F)cc3)C3=C2C(=O)CC(C)(C)C3)cc1. The number of benzene rings is 2. The Labute approximate surface area is 215 Å².